The normalized spacial score (nSPS) is 11.1. The Morgan fingerprint density at radius 2 is 1.73 bits per heavy atom. The van der Waals surface area contributed by atoms with Crippen LogP contribution in [-0.2, 0) is 4.79 Å². The standard InChI is InChI=1S/C8H10O3.C2H4O2/c1-5(9)6-2-3-7(10)8(11)4-6;1-2(3)4/h2-5,9-11H,1H3;1H3,(H,3,4). The van der Waals surface area contributed by atoms with E-state index in [0.717, 1.165) is 6.92 Å². The molecule has 4 N–H and O–H groups in total. The van der Waals surface area contributed by atoms with Gasteiger partial charge in [-0.25, -0.2) is 0 Å². The van der Waals surface area contributed by atoms with Gasteiger partial charge < -0.3 is 20.4 Å². The lowest BCUT2D eigenvalue weighted by atomic mass is 10.1. The number of hydrogen-bond donors (Lipinski definition) is 4. The van der Waals surface area contributed by atoms with Gasteiger partial charge in [-0.05, 0) is 24.6 Å². The van der Waals surface area contributed by atoms with Gasteiger partial charge in [-0.3, -0.25) is 4.79 Å². The Labute approximate surface area is 87.2 Å². The molecule has 0 aliphatic heterocycles. The summed E-state index contributed by atoms with van der Waals surface area (Å²) in [5, 5.41) is 34.3. The van der Waals surface area contributed by atoms with Crippen LogP contribution in [0.4, 0.5) is 0 Å². The number of rotatable bonds is 1. The van der Waals surface area contributed by atoms with Crippen molar-refractivity contribution in [2.24, 2.45) is 0 Å². The zero-order valence-corrected chi connectivity index (χ0v) is 8.51. The van der Waals surface area contributed by atoms with Crippen LogP contribution in [0.3, 0.4) is 0 Å². The molecule has 1 atom stereocenters. The van der Waals surface area contributed by atoms with Crippen LogP contribution in [0.2, 0.25) is 0 Å². The third kappa shape index (κ3) is 5.53. The topological polar surface area (TPSA) is 98.0 Å². The number of aliphatic hydroxyl groups is 1. The van der Waals surface area contributed by atoms with E-state index in [0.29, 0.717) is 5.56 Å². The number of carboxylic acid groups (broad SMARTS) is 1. The van der Waals surface area contributed by atoms with Gasteiger partial charge in [-0.15, -0.1) is 0 Å². The van der Waals surface area contributed by atoms with Crippen LogP contribution >= 0.6 is 0 Å². The van der Waals surface area contributed by atoms with Crippen LogP contribution in [0.1, 0.15) is 25.5 Å². The molecule has 0 amide bonds. The minimum atomic E-state index is -0.833. The number of aromatic hydroxyl groups is 2. The summed E-state index contributed by atoms with van der Waals surface area (Å²) >= 11 is 0. The maximum atomic E-state index is 9.05. The molecule has 1 aromatic carbocycles. The number of phenols is 2. The fourth-order valence-corrected chi connectivity index (χ4v) is 0.800. The van der Waals surface area contributed by atoms with Gasteiger partial charge in [0, 0.05) is 6.92 Å². The first-order valence-electron chi connectivity index (χ1n) is 4.24. The van der Waals surface area contributed by atoms with Crippen molar-refractivity contribution in [2.45, 2.75) is 20.0 Å². The highest BCUT2D eigenvalue weighted by atomic mass is 16.4. The van der Waals surface area contributed by atoms with Gasteiger partial charge in [0.25, 0.3) is 5.97 Å². The summed E-state index contributed by atoms with van der Waals surface area (Å²) in [7, 11) is 0. The van der Waals surface area contributed by atoms with Gasteiger partial charge in [0.15, 0.2) is 11.5 Å². The number of aliphatic carboxylic acids is 1. The fraction of sp³-hybridized carbons (Fsp3) is 0.300. The number of hydrogen-bond acceptors (Lipinski definition) is 4. The lowest BCUT2D eigenvalue weighted by Gasteiger charge is -2.04. The van der Waals surface area contributed by atoms with E-state index in [4.69, 9.17) is 25.2 Å². The predicted octanol–water partition coefficient (Wildman–Crippen LogP) is 1.24. The van der Waals surface area contributed by atoms with E-state index < -0.39 is 12.1 Å². The Hall–Kier alpha value is -1.75. The molecular formula is C10H14O5. The summed E-state index contributed by atoms with van der Waals surface area (Å²) in [6.45, 7) is 2.67. The first-order valence-corrected chi connectivity index (χ1v) is 4.24. The molecule has 0 spiro atoms. The second kappa shape index (κ2) is 5.87. The molecule has 0 aliphatic rings. The maximum Gasteiger partial charge on any atom is 0.300 e. The average Bonchev–Trinajstić information content (AvgIpc) is 2.08. The largest absolute Gasteiger partial charge is 0.504 e. The van der Waals surface area contributed by atoms with E-state index in [1.807, 2.05) is 0 Å². The van der Waals surface area contributed by atoms with Crippen LogP contribution in [0, 0.1) is 0 Å². The molecule has 5 nitrogen and oxygen atoms in total. The second-order valence-corrected chi connectivity index (χ2v) is 2.94. The molecule has 5 heteroatoms. The van der Waals surface area contributed by atoms with Crippen LogP contribution < -0.4 is 0 Å². The molecule has 0 aliphatic carbocycles. The Balaban J connectivity index is 0.000000423. The summed E-state index contributed by atoms with van der Waals surface area (Å²) < 4.78 is 0. The zero-order valence-electron chi connectivity index (χ0n) is 8.51. The molecule has 0 bridgehead atoms. The van der Waals surface area contributed by atoms with Gasteiger partial charge in [0.05, 0.1) is 6.10 Å². The molecule has 0 saturated heterocycles. The van der Waals surface area contributed by atoms with E-state index in [1.165, 1.54) is 12.1 Å². The molecule has 0 aromatic heterocycles. The van der Waals surface area contributed by atoms with Crippen molar-refractivity contribution in [3.63, 3.8) is 0 Å². The molecule has 1 aromatic rings. The number of carbonyl (C=O) groups is 1. The van der Waals surface area contributed by atoms with Crippen molar-refractivity contribution in [3.05, 3.63) is 23.8 Å². The van der Waals surface area contributed by atoms with Crippen molar-refractivity contribution < 1.29 is 25.2 Å². The first kappa shape index (κ1) is 13.2. The SMILES string of the molecule is CC(=O)O.CC(O)c1ccc(O)c(O)c1. The molecule has 84 valence electrons. The average molecular weight is 214 g/mol. The fourth-order valence-electron chi connectivity index (χ4n) is 0.800. The number of carboxylic acids is 1. The lowest BCUT2D eigenvalue weighted by Crippen LogP contribution is -1.89. The van der Waals surface area contributed by atoms with E-state index in [9.17, 15) is 0 Å². The van der Waals surface area contributed by atoms with Crippen LogP contribution in [0.25, 0.3) is 0 Å². The van der Waals surface area contributed by atoms with Crippen molar-refractivity contribution in [1.82, 2.24) is 0 Å². The van der Waals surface area contributed by atoms with Crippen molar-refractivity contribution in [3.8, 4) is 11.5 Å². The number of aliphatic hydroxyl groups excluding tert-OH is 1. The molecule has 0 radical (unpaired) electrons. The molecule has 0 saturated carbocycles. The Bertz CT molecular complexity index is 329. The quantitative estimate of drug-likeness (QED) is 0.527. The van der Waals surface area contributed by atoms with Crippen molar-refractivity contribution >= 4 is 5.97 Å². The van der Waals surface area contributed by atoms with Gasteiger partial charge in [-0.1, -0.05) is 6.07 Å². The van der Waals surface area contributed by atoms with Gasteiger partial charge >= 0.3 is 0 Å². The van der Waals surface area contributed by atoms with Gasteiger partial charge in [0.1, 0.15) is 0 Å². The highest BCUT2D eigenvalue weighted by Gasteiger charge is 2.03. The second-order valence-electron chi connectivity index (χ2n) is 2.94. The van der Waals surface area contributed by atoms with Gasteiger partial charge in [-0.2, -0.15) is 0 Å². The zero-order chi connectivity index (χ0) is 12.0. The smallest absolute Gasteiger partial charge is 0.300 e. The van der Waals surface area contributed by atoms with Crippen molar-refractivity contribution in [1.29, 1.82) is 0 Å². The summed E-state index contributed by atoms with van der Waals surface area (Å²) in [6.07, 6.45) is -0.624. The molecule has 1 rings (SSSR count). The molecule has 1 unspecified atom stereocenters. The van der Waals surface area contributed by atoms with Gasteiger partial charge in [0.2, 0.25) is 0 Å². The van der Waals surface area contributed by atoms with E-state index in [1.54, 1.807) is 13.0 Å². The summed E-state index contributed by atoms with van der Waals surface area (Å²) in [5.74, 6) is -1.21. The predicted molar refractivity (Wildman–Crippen MR) is 53.7 cm³/mol. The Morgan fingerprint density at radius 3 is 2.07 bits per heavy atom. The van der Waals surface area contributed by atoms with Crippen LogP contribution in [0.5, 0.6) is 11.5 Å². The van der Waals surface area contributed by atoms with E-state index >= 15 is 0 Å². The minimum Gasteiger partial charge on any atom is -0.504 e. The molecule has 0 heterocycles. The lowest BCUT2D eigenvalue weighted by molar-refractivity contribution is -0.134. The number of phenolic OH excluding ortho intramolecular Hbond substituents is 2. The third-order valence-electron chi connectivity index (χ3n) is 1.48. The minimum absolute atomic E-state index is 0.172. The van der Waals surface area contributed by atoms with Crippen molar-refractivity contribution in [2.75, 3.05) is 0 Å². The summed E-state index contributed by atoms with van der Waals surface area (Å²) in [4.78, 5) is 9.00. The number of benzene rings is 1. The molecule has 15 heavy (non-hydrogen) atoms. The maximum absolute atomic E-state index is 9.05. The Morgan fingerprint density at radius 1 is 1.27 bits per heavy atom. The Kier molecular flexibility index (Phi) is 5.19. The third-order valence-corrected chi connectivity index (χ3v) is 1.48. The highest BCUT2D eigenvalue weighted by Crippen LogP contribution is 2.27. The molecule has 0 fully saturated rings. The van der Waals surface area contributed by atoms with Crippen LogP contribution in [0.15, 0.2) is 18.2 Å². The molecular weight excluding hydrogens is 200 g/mol. The highest BCUT2D eigenvalue weighted by molar-refractivity contribution is 5.62. The monoisotopic (exact) mass is 214 g/mol. The first-order chi connectivity index (χ1) is 6.84. The van der Waals surface area contributed by atoms with Crippen LogP contribution in [-0.4, -0.2) is 26.4 Å². The van der Waals surface area contributed by atoms with E-state index in [-0.39, 0.29) is 11.5 Å². The summed E-state index contributed by atoms with van der Waals surface area (Å²) in [6, 6.07) is 4.23. The van der Waals surface area contributed by atoms with E-state index in [2.05, 4.69) is 0 Å². The summed E-state index contributed by atoms with van der Waals surface area (Å²) in [5.41, 5.74) is 0.584.